The normalized spacial score (nSPS) is 15.3. The van der Waals surface area contributed by atoms with E-state index in [-0.39, 0.29) is 0 Å². The SMILES string of the molecule is Clc1ncc(CN2Cc3ccccc3C2)s1. The largest absolute Gasteiger partial charge is 0.290 e. The summed E-state index contributed by atoms with van der Waals surface area (Å²) in [4.78, 5) is 7.71. The van der Waals surface area contributed by atoms with Crippen LogP contribution in [0.4, 0.5) is 0 Å². The van der Waals surface area contributed by atoms with Gasteiger partial charge in [-0.2, -0.15) is 0 Å². The molecular weight excluding hydrogens is 240 g/mol. The zero-order chi connectivity index (χ0) is 11.0. The van der Waals surface area contributed by atoms with E-state index >= 15 is 0 Å². The predicted molar refractivity (Wildman–Crippen MR) is 66.5 cm³/mol. The van der Waals surface area contributed by atoms with Crippen molar-refractivity contribution in [2.24, 2.45) is 0 Å². The van der Waals surface area contributed by atoms with Crippen molar-refractivity contribution in [2.75, 3.05) is 0 Å². The van der Waals surface area contributed by atoms with Crippen LogP contribution >= 0.6 is 22.9 Å². The summed E-state index contributed by atoms with van der Waals surface area (Å²) in [6.07, 6.45) is 1.87. The van der Waals surface area contributed by atoms with E-state index in [2.05, 4.69) is 34.1 Å². The van der Waals surface area contributed by atoms with E-state index in [0.717, 1.165) is 19.6 Å². The number of halogens is 1. The zero-order valence-electron chi connectivity index (χ0n) is 8.69. The Bertz CT molecular complexity index is 484. The summed E-state index contributed by atoms with van der Waals surface area (Å²) in [5.74, 6) is 0. The molecule has 1 aliphatic heterocycles. The van der Waals surface area contributed by atoms with Gasteiger partial charge in [0.15, 0.2) is 4.47 Å². The van der Waals surface area contributed by atoms with Crippen LogP contribution < -0.4 is 0 Å². The Labute approximate surface area is 104 Å². The van der Waals surface area contributed by atoms with Crippen molar-refractivity contribution >= 4 is 22.9 Å². The fourth-order valence-electron chi connectivity index (χ4n) is 2.09. The number of hydrogen-bond donors (Lipinski definition) is 0. The molecule has 0 atom stereocenters. The van der Waals surface area contributed by atoms with Crippen LogP contribution in [0.1, 0.15) is 16.0 Å². The number of hydrogen-bond acceptors (Lipinski definition) is 3. The zero-order valence-corrected chi connectivity index (χ0v) is 10.3. The molecule has 0 bridgehead atoms. The average molecular weight is 251 g/mol. The molecule has 0 amide bonds. The Hall–Kier alpha value is -0.900. The molecule has 4 heteroatoms. The fraction of sp³-hybridized carbons (Fsp3) is 0.250. The van der Waals surface area contributed by atoms with Gasteiger partial charge in [-0.25, -0.2) is 4.98 Å². The highest BCUT2D eigenvalue weighted by Gasteiger charge is 2.18. The Morgan fingerprint density at radius 3 is 2.50 bits per heavy atom. The van der Waals surface area contributed by atoms with Crippen LogP contribution in [-0.4, -0.2) is 9.88 Å². The van der Waals surface area contributed by atoms with Crippen molar-refractivity contribution in [1.29, 1.82) is 0 Å². The van der Waals surface area contributed by atoms with Crippen LogP contribution in [0.15, 0.2) is 30.5 Å². The molecule has 2 nitrogen and oxygen atoms in total. The number of nitrogens with zero attached hydrogens (tertiary/aromatic N) is 2. The summed E-state index contributed by atoms with van der Waals surface area (Å²) in [5, 5.41) is 0. The maximum atomic E-state index is 5.82. The Morgan fingerprint density at radius 2 is 1.94 bits per heavy atom. The molecule has 1 aromatic heterocycles. The van der Waals surface area contributed by atoms with Crippen molar-refractivity contribution in [2.45, 2.75) is 19.6 Å². The topological polar surface area (TPSA) is 16.1 Å². The molecule has 0 fully saturated rings. The summed E-state index contributed by atoms with van der Waals surface area (Å²) >= 11 is 7.39. The first-order chi connectivity index (χ1) is 7.81. The highest BCUT2D eigenvalue weighted by Crippen LogP contribution is 2.26. The Morgan fingerprint density at radius 1 is 1.25 bits per heavy atom. The summed E-state index contributed by atoms with van der Waals surface area (Å²) in [5.41, 5.74) is 2.89. The lowest BCUT2D eigenvalue weighted by molar-refractivity contribution is 0.278. The molecule has 2 aromatic rings. The lowest BCUT2D eigenvalue weighted by Gasteiger charge is -2.12. The quantitative estimate of drug-likeness (QED) is 0.813. The third kappa shape index (κ3) is 1.98. The van der Waals surface area contributed by atoms with E-state index in [1.165, 1.54) is 16.0 Å². The first-order valence-electron chi connectivity index (χ1n) is 5.20. The lowest BCUT2D eigenvalue weighted by Crippen LogP contribution is -2.14. The van der Waals surface area contributed by atoms with Gasteiger partial charge < -0.3 is 0 Å². The van der Waals surface area contributed by atoms with Gasteiger partial charge in [0, 0.05) is 30.7 Å². The van der Waals surface area contributed by atoms with Crippen LogP contribution in [-0.2, 0) is 19.6 Å². The average Bonchev–Trinajstić information content (AvgIpc) is 2.84. The van der Waals surface area contributed by atoms with E-state index in [1.807, 2.05) is 6.20 Å². The second-order valence-corrected chi connectivity index (χ2v) is 5.69. The third-order valence-electron chi connectivity index (χ3n) is 2.81. The molecule has 82 valence electrons. The monoisotopic (exact) mass is 250 g/mol. The molecule has 0 saturated carbocycles. The van der Waals surface area contributed by atoms with Crippen LogP contribution in [0, 0.1) is 0 Å². The molecule has 2 heterocycles. The Balaban J connectivity index is 1.72. The summed E-state index contributed by atoms with van der Waals surface area (Å²) in [7, 11) is 0. The van der Waals surface area contributed by atoms with Crippen molar-refractivity contribution in [3.63, 3.8) is 0 Å². The molecule has 0 spiro atoms. The summed E-state index contributed by atoms with van der Waals surface area (Å²) in [6, 6.07) is 8.61. The van der Waals surface area contributed by atoms with Crippen LogP contribution in [0.3, 0.4) is 0 Å². The number of aromatic nitrogens is 1. The van der Waals surface area contributed by atoms with Gasteiger partial charge in [0.25, 0.3) is 0 Å². The molecule has 0 N–H and O–H groups in total. The van der Waals surface area contributed by atoms with E-state index in [9.17, 15) is 0 Å². The molecule has 1 aromatic carbocycles. The lowest BCUT2D eigenvalue weighted by atomic mass is 10.1. The van der Waals surface area contributed by atoms with Crippen molar-refractivity contribution in [1.82, 2.24) is 9.88 Å². The summed E-state index contributed by atoms with van der Waals surface area (Å²) < 4.78 is 0.631. The highest BCUT2D eigenvalue weighted by molar-refractivity contribution is 7.15. The van der Waals surface area contributed by atoms with E-state index < -0.39 is 0 Å². The number of fused-ring (bicyclic) bond motifs is 1. The molecule has 1 aliphatic rings. The van der Waals surface area contributed by atoms with Gasteiger partial charge in [-0.15, -0.1) is 11.3 Å². The van der Waals surface area contributed by atoms with Gasteiger partial charge in [-0.3, -0.25) is 4.90 Å². The van der Waals surface area contributed by atoms with Crippen LogP contribution in [0.2, 0.25) is 4.47 Å². The first-order valence-corrected chi connectivity index (χ1v) is 6.40. The van der Waals surface area contributed by atoms with Gasteiger partial charge in [0.05, 0.1) is 0 Å². The second kappa shape index (κ2) is 4.17. The van der Waals surface area contributed by atoms with Gasteiger partial charge in [0.2, 0.25) is 0 Å². The predicted octanol–water partition coefficient (Wildman–Crippen LogP) is 3.31. The minimum Gasteiger partial charge on any atom is -0.290 e. The Kier molecular flexibility index (Phi) is 2.67. The minimum atomic E-state index is 0.631. The minimum absolute atomic E-state index is 0.631. The fourth-order valence-corrected chi connectivity index (χ4v) is 3.11. The maximum Gasteiger partial charge on any atom is 0.183 e. The van der Waals surface area contributed by atoms with Crippen molar-refractivity contribution in [3.05, 3.63) is 50.9 Å². The molecule has 16 heavy (non-hydrogen) atoms. The molecule has 3 rings (SSSR count). The highest BCUT2D eigenvalue weighted by atomic mass is 35.5. The second-order valence-electron chi connectivity index (χ2n) is 3.99. The van der Waals surface area contributed by atoms with Gasteiger partial charge in [-0.05, 0) is 11.1 Å². The van der Waals surface area contributed by atoms with E-state index in [1.54, 1.807) is 11.3 Å². The number of benzene rings is 1. The van der Waals surface area contributed by atoms with E-state index in [0.29, 0.717) is 4.47 Å². The number of thiazole rings is 1. The van der Waals surface area contributed by atoms with Gasteiger partial charge in [0.1, 0.15) is 0 Å². The third-order valence-corrected chi connectivity index (χ3v) is 3.91. The van der Waals surface area contributed by atoms with Crippen molar-refractivity contribution < 1.29 is 0 Å². The van der Waals surface area contributed by atoms with Crippen LogP contribution in [0.25, 0.3) is 0 Å². The standard InChI is InChI=1S/C12H11ClN2S/c13-12-14-5-11(16-12)8-15-6-9-3-1-2-4-10(9)7-15/h1-5H,6-8H2. The molecule has 0 unspecified atom stereocenters. The van der Waals surface area contributed by atoms with Crippen LogP contribution in [0.5, 0.6) is 0 Å². The molecule has 0 aliphatic carbocycles. The molecule has 0 radical (unpaired) electrons. The van der Waals surface area contributed by atoms with Gasteiger partial charge >= 0.3 is 0 Å². The van der Waals surface area contributed by atoms with Crippen molar-refractivity contribution in [3.8, 4) is 0 Å². The first kappa shape index (κ1) is 10.3. The molecule has 0 saturated heterocycles. The maximum absolute atomic E-state index is 5.82. The smallest absolute Gasteiger partial charge is 0.183 e. The summed E-state index contributed by atoms with van der Waals surface area (Å²) in [6.45, 7) is 3.01. The van der Waals surface area contributed by atoms with Gasteiger partial charge in [-0.1, -0.05) is 35.9 Å². The van der Waals surface area contributed by atoms with E-state index in [4.69, 9.17) is 11.6 Å². The molecular formula is C12H11ClN2S. The number of rotatable bonds is 2.